The van der Waals surface area contributed by atoms with E-state index in [1.807, 2.05) is 31.2 Å². The molecule has 0 saturated carbocycles. The van der Waals surface area contributed by atoms with Gasteiger partial charge in [0.25, 0.3) is 0 Å². The van der Waals surface area contributed by atoms with Crippen molar-refractivity contribution in [3.63, 3.8) is 0 Å². The van der Waals surface area contributed by atoms with Crippen molar-refractivity contribution in [2.75, 3.05) is 5.32 Å². The minimum atomic E-state index is -1.17. The number of aryl methyl sites for hydroxylation is 1. The van der Waals surface area contributed by atoms with E-state index in [-0.39, 0.29) is 6.42 Å². The molecule has 3 aromatic carbocycles. The third kappa shape index (κ3) is 4.97. The number of hydrogen-bond donors (Lipinski definition) is 1. The zero-order valence-electron chi connectivity index (χ0n) is 15.2. The third-order valence-electron chi connectivity index (χ3n) is 4.18. The average molecular weight is 415 g/mol. The highest BCUT2D eigenvalue weighted by Crippen LogP contribution is 2.40. The van der Waals surface area contributed by atoms with Crippen LogP contribution in [0.2, 0.25) is 10.0 Å². The molecular weight excluding hydrogens is 397 g/mol. The van der Waals surface area contributed by atoms with Crippen molar-refractivity contribution < 1.29 is 14.6 Å². The number of nitrogens with one attached hydrogen (secondary N) is 1. The number of hydrogen-bond acceptors (Lipinski definition) is 4. The number of halogens is 2. The standard InChI is InChI=1S/C22H19Cl2NO3/c1-14-6-8-15(9-7-14)13-28-19-11-10-17(23)22(21(19)24)25-18-5-3-2-4-16(18)12-20(26)27/h2-11,25H,12-13H2,1H3,(H,26,27)/p-1. The number of benzene rings is 3. The van der Waals surface area contributed by atoms with Crippen LogP contribution >= 0.6 is 23.2 Å². The van der Waals surface area contributed by atoms with Gasteiger partial charge in [0, 0.05) is 18.1 Å². The van der Waals surface area contributed by atoms with Crippen LogP contribution in [0.5, 0.6) is 5.75 Å². The number of ether oxygens (including phenoxy) is 1. The SMILES string of the molecule is Cc1ccc(COc2ccc(Cl)c(Nc3ccccc3CC(=O)[O-])c2Cl)cc1. The zero-order valence-corrected chi connectivity index (χ0v) is 16.7. The van der Waals surface area contributed by atoms with Gasteiger partial charge in [0.2, 0.25) is 0 Å². The maximum atomic E-state index is 11.0. The topological polar surface area (TPSA) is 61.4 Å². The van der Waals surface area contributed by atoms with Gasteiger partial charge in [-0.15, -0.1) is 0 Å². The van der Waals surface area contributed by atoms with E-state index in [1.165, 1.54) is 5.56 Å². The highest BCUT2D eigenvalue weighted by Gasteiger charge is 2.14. The number of aliphatic carboxylic acids is 1. The van der Waals surface area contributed by atoms with Gasteiger partial charge in [-0.25, -0.2) is 0 Å². The Labute approximate surface area is 173 Å². The molecule has 0 spiro atoms. The molecule has 0 atom stereocenters. The summed E-state index contributed by atoms with van der Waals surface area (Å²) < 4.78 is 5.86. The molecular formula is C22H18Cl2NO3-. The number of carboxylic acid groups (broad SMARTS) is 1. The molecule has 0 unspecified atom stereocenters. The van der Waals surface area contributed by atoms with E-state index < -0.39 is 5.97 Å². The van der Waals surface area contributed by atoms with Gasteiger partial charge >= 0.3 is 0 Å². The van der Waals surface area contributed by atoms with E-state index in [9.17, 15) is 9.90 Å². The van der Waals surface area contributed by atoms with Crippen molar-refractivity contribution in [2.45, 2.75) is 20.0 Å². The molecule has 0 heterocycles. The highest BCUT2D eigenvalue weighted by atomic mass is 35.5. The lowest BCUT2D eigenvalue weighted by molar-refractivity contribution is -0.304. The molecule has 0 bridgehead atoms. The Morgan fingerprint density at radius 1 is 1.04 bits per heavy atom. The number of anilines is 2. The van der Waals surface area contributed by atoms with Crippen LogP contribution in [0.15, 0.2) is 60.7 Å². The molecule has 0 aliphatic rings. The molecule has 0 radical (unpaired) electrons. The quantitative estimate of drug-likeness (QED) is 0.595. The smallest absolute Gasteiger partial charge is 0.140 e. The maximum Gasteiger partial charge on any atom is 0.140 e. The molecule has 28 heavy (non-hydrogen) atoms. The second-order valence-electron chi connectivity index (χ2n) is 6.34. The summed E-state index contributed by atoms with van der Waals surface area (Å²) >= 11 is 12.8. The van der Waals surface area contributed by atoms with E-state index in [0.29, 0.717) is 39.3 Å². The maximum absolute atomic E-state index is 11.0. The fourth-order valence-corrected chi connectivity index (χ4v) is 3.21. The fourth-order valence-electron chi connectivity index (χ4n) is 2.69. The minimum Gasteiger partial charge on any atom is -0.550 e. The van der Waals surface area contributed by atoms with Crippen molar-refractivity contribution >= 4 is 40.5 Å². The first-order chi connectivity index (χ1) is 13.4. The van der Waals surface area contributed by atoms with Crippen LogP contribution in [0.25, 0.3) is 0 Å². The van der Waals surface area contributed by atoms with Gasteiger partial charge in [0.05, 0.1) is 10.7 Å². The Kier molecular flexibility index (Phi) is 6.45. The summed E-state index contributed by atoms with van der Waals surface area (Å²) in [5, 5.41) is 14.8. The van der Waals surface area contributed by atoms with E-state index >= 15 is 0 Å². The van der Waals surface area contributed by atoms with Gasteiger partial charge in [-0.3, -0.25) is 0 Å². The summed E-state index contributed by atoms with van der Waals surface area (Å²) in [5.41, 5.74) is 3.81. The molecule has 0 amide bonds. The molecule has 0 aromatic heterocycles. The molecule has 4 nitrogen and oxygen atoms in total. The second-order valence-corrected chi connectivity index (χ2v) is 7.12. The lowest BCUT2D eigenvalue weighted by Crippen LogP contribution is -2.24. The van der Waals surface area contributed by atoms with Crippen LogP contribution in [-0.2, 0) is 17.8 Å². The van der Waals surface area contributed by atoms with Gasteiger partial charge in [-0.1, -0.05) is 71.2 Å². The molecule has 6 heteroatoms. The van der Waals surface area contributed by atoms with Gasteiger partial charge in [-0.2, -0.15) is 0 Å². The van der Waals surface area contributed by atoms with Crippen molar-refractivity contribution in [1.82, 2.24) is 0 Å². The third-order valence-corrected chi connectivity index (χ3v) is 4.87. The van der Waals surface area contributed by atoms with Crippen molar-refractivity contribution in [3.05, 3.63) is 87.4 Å². The number of carbonyl (C=O) groups excluding carboxylic acids is 1. The van der Waals surface area contributed by atoms with E-state index in [0.717, 1.165) is 5.56 Å². The zero-order chi connectivity index (χ0) is 20.1. The molecule has 1 N–H and O–H groups in total. The summed E-state index contributed by atoms with van der Waals surface area (Å²) in [6.07, 6.45) is -0.220. The van der Waals surface area contributed by atoms with Crippen molar-refractivity contribution in [2.24, 2.45) is 0 Å². The average Bonchev–Trinajstić information content (AvgIpc) is 2.66. The fraction of sp³-hybridized carbons (Fsp3) is 0.136. The first kappa shape index (κ1) is 20.1. The van der Waals surface area contributed by atoms with Crippen molar-refractivity contribution in [3.8, 4) is 5.75 Å². The van der Waals surface area contributed by atoms with Crippen LogP contribution in [0.1, 0.15) is 16.7 Å². The normalized spacial score (nSPS) is 10.5. The molecule has 0 fully saturated rings. The first-order valence-corrected chi connectivity index (χ1v) is 9.41. The first-order valence-electron chi connectivity index (χ1n) is 8.65. The summed E-state index contributed by atoms with van der Waals surface area (Å²) in [6.45, 7) is 2.39. The Morgan fingerprint density at radius 3 is 2.46 bits per heavy atom. The van der Waals surface area contributed by atoms with Gasteiger partial charge in [-0.05, 0) is 36.2 Å². The lowest BCUT2D eigenvalue weighted by atomic mass is 10.1. The largest absolute Gasteiger partial charge is 0.550 e. The van der Waals surface area contributed by atoms with Crippen LogP contribution in [0, 0.1) is 6.92 Å². The van der Waals surface area contributed by atoms with E-state index in [4.69, 9.17) is 27.9 Å². The number of carbonyl (C=O) groups is 1. The number of carboxylic acids is 1. The number of para-hydroxylation sites is 1. The molecule has 144 valence electrons. The minimum absolute atomic E-state index is 0.220. The Hall–Kier alpha value is -2.69. The summed E-state index contributed by atoms with van der Waals surface area (Å²) in [5.74, 6) is -0.687. The van der Waals surface area contributed by atoms with Gasteiger partial charge in [0.1, 0.15) is 17.4 Å². The van der Waals surface area contributed by atoms with Crippen LogP contribution in [-0.4, -0.2) is 5.97 Å². The second kappa shape index (κ2) is 9.00. The Balaban J connectivity index is 1.83. The molecule has 0 aliphatic heterocycles. The van der Waals surface area contributed by atoms with Gasteiger partial charge in [0.15, 0.2) is 0 Å². The van der Waals surface area contributed by atoms with Crippen LogP contribution in [0.4, 0.5) is 11.4 Å². The summed E-state index contributed by atoms with van der Waals surface area (Å²) in [4.78, 5) is 11.0. The van der Waals surface area contributed by atoms with E-state index in [1.54, 1.807) is 36.4 Å². The van der Waals surface area contributed by atoms with Crippen molar-refractivity contribution in [1.29, 1.82) is 0 Å². The molecule has 3 rings (SSSR count). The molecule has 3 aromatic rings. The monoisotopic (exact) mass is 414 g/mol. The lowest BCUT2D eigenvalue weighted by Gasteiger charge is -2.17. The van der Waals surface area contributed by atoms with E-state index in [2.05, 4.69) is 5.32 Å². The van der Waals surface area contributed by atoms with Gasteiger partial charge < -0.3 is 20.0 Å². The predicted octanol–water partition coefficient (Wildman–Crippen LogP) is 4.92. The summed E-state index contributed by atoms with van der Waals surface area (Å²) in [6, 6.07) is 18.4. The van der Waals surface area contributed by atoms with Crippen LogP contribution < -0.4 is 15.2 Å². The predicted molar refractivity (Wildman–Crippen MR) is 110 cm³/mol. The Morgan fingerprint density at radius 2 is 1.75 bits per heavy atom. The Bertz CT molecular complexity index is 988. The molecule has 0 saturated heterocycles. The van der Waals surface area contributed by atoms with Crippen LogP contribution in [0.3, 0.4) is 0 Å². The summed E-state index contributed by atoms with van der Waals surface area (Å²) in [7, 11) is 0. The highest BCUT2D eigenvalue weighted by molar-refractivity contribution is 6.40. The molecule has 0 aliphatic carbocycles. The number of rotatable bonds is 7.